The monoisotopic (exact) mass is 791 g/mol. The summed E-state index contributed by atoms with van der Waals surface area (Å²) in [7, 11) is -4.14. The Morgan fingerprint density at radius 2 is 0.967 bits per heavy atom. The van der Waals surface area contributed by atoms with Crippen LogP contribution in [0.4, 0.5) is 0 Å². The molecule has 0 fully saturated rings. The molecule has 60 heavy (non-hydrogen) atoms. The van der Waals surface area contributed by atoms with Crippen molar-refractivity contribution in [3.05, 3.63) is 199 Å². The molecule has 0 spiro atoms. The maximum Gasteiger partial charge on any atom is 0.207 e. The molecule has 9 aromatic rings. The number of hydrogen-bond donors (Lipinski definition) is 0. The van der Waals surface area contributed by atoms with Gasteiger partial charge in [0.2, 0.25) is 9.84 Å². The number of pyridine rings is 1. The van der Waals surface area contributed by atoms with Crippen molar-refractivity contribution in [2.75, 3.05) is 0 Å². The summed E-state index contributed by atoms with van der Waals surface area (Å²) < 4.78 is 31.5. The van der Waals surface area contributed by atoms with E-state index in [1.807, 2.05) is 97.2 Å². The van der Waals surface area contributed by atoms with Crippen molar-refractivity contribution in [1.82, 2.24) is 15.0 Å². The number of nitrogens with zero attached hydrogens (tertiary/aromatic N) is 3. The fraction of sp³-hybridized carbons (Fsp3) is 0.0556. The maximum absolute atomic E-state index is 15.8. The predicted molar refractivity (Wildman–Crippen MR) is 241 cm³/mol. The number of benzene rings is 7. The third-order valence-corrected chi connectivity index (χ3v) is 14.0. The fourth-order valence-electron chi connectivity index (χ4n) is 9.24. The van der Waals surface area contributed by atoms with Crippen molar-refractivity contribution < 1.29 is 8.42 Å². The maximum atomic E-state index is 15.8. The van der Waals surface area contributed by atoms with Crippen LogP contribution in [0.15, 0.2) is 198 Å². The van der Waals surface area contributed by atoms with E-state index < -0.39 is 15.3 Å². The number of rotatable bonds is 3. The summed E-state index contributed by atoms with van der Waals surface area (Å²) in [5.41, 5.74) is 14.8. The molecule has 1 aliphatic heterocycles. The van der Waals surface area contributed by atoms with Crippen molar-refractivity contribution in [3.8, 4) is 89.5 Å². The lowest BCUT2D eigenvalue weighted by molar-refractivity contribution is 0.596. The molecule has 3 heterocycles. The Kier molecular flexibility index (Phi) is 8.16. The molecule has 2 aliphatic rings. The van der Waals surface area contributed by atoms with E-state index in [0.29, 0.717) is 22.6 Å². The van der Waals surface area contributed by atoms with Gasteiger partial charge in [0.25, 0.3) is 0 Å². The highest BCUT2D eigenvalue weighted by atomic mass is 32.2. The van der Waals surface area contributed by atoms with Crippen molar-refractivity contribution >= 4 is 9.84 Å². The molecule has 286 valence electrons. The molecular formula is C54H37N3O2S. The van der Waals surface area contributed by atoms with E-state index in [-0.39, 0.29) is 9.79 Å². The van der Waals surface area contributed by atoms with Crippen LogP contribution >= 0.6 is 0 Å². The van der Waals surface area contributed by atoms with Gasteiger partial charge in [-0.25, -0.2) is 18.4 Å². The van der Waals surface area contributed by atoms with Gasteiger partial charge in [0.1, 0.15) is 0 Å². The second-order valence-electron chi connectivity index (χ2n) is 16.0. The summed E-state index contributed by atoms with van der Waals surface area (Å²) >= 11 is 0. The van der Waals surface area contributed by atoms with Gasteiger partial charge in [-0.1, -0.05) is 147 Å². The molecule has 0 saturated heterocycles. The van der Waals surface area contributed by atoms with Gasteiger partial charge in [0.15, 0.2) is 5.82 Å². The van der Waals surface area contributed by atoms with E-state index >= 15 is 8.42 Å². The van der Waals surface area contributed by atoms with Crippen molar-refractivity contribution in [2.24, 2.45) is 0 Å². The van der Waals surface area contributed by atoms with Crippen LogP contribution in [-0.4, -0.2) is 23.4 Å². The molecule has 2 aromatic heterocycles. The average molecular weight is 792 g/mol. The summed E-state index contributed by atoms with van der Waals surface area (Å²) in [4.78, 5) is 15.1. The number of hydrogen-bond acceptors (Lipinski definition) is 5. The molecule has 1 aliphatic carbocycles. The van der Waals surface area contributed by atoms with E-state index in [1.54, 1.807) is 12.3 Å². The minimum absolute atomic E-state index is 0.272. The Labute approximate surface area is 349 Å². The second-order valence-corrected chi connectivity index (χ2v) is 17.9. The van der Waals surface area contributed by atoms with Gasteiger partial charge in [-0.2, -0.15) is 0 Å². The first-order chi connectivity index (χ1) is 29.3. The van der Waals surface area contributed by atoms with Crippen LogP contribution < -0.4 is 0 Å². The first-order valence-corrected chi connectivity index (χ1v) is 21.6. The van der Waals surface area contributed by atoms with Crippen molar-refractivity contribution in [3.63, 3.8) is 0 Å². The standard InChI is InChI=1S/C54H37N3O2S/c1-54(2)47-24-12-10-22-42(47)45-30-46-44-29-35(49-32-50(36-17-14-28-55-33-36)57-53(56-49)34-15-4-3-5-16-34)26-27-41(44)39-20-7-6-18-37(39)38-19-8-9-21-40(38)43-23-11-13-25-51(43)60(58,59)52(46)31-48(45)54/h3-33H,1-2H3. The normalized spacial score (nSPS) is 13.9. The van der Waals surface area contributed by atoms with Gasteiger partial charge >= 0.3 is 0 Å². The van der Waals surface area contributed by atoms with Crippen LogP contribution in [0.2, 0.25) is 0 Å². The highest BCUT2D eigenvalue weighted by Gasteiger charge is 2.39. The number of sulfone groups is 1. The van der Waals surface area contributed by atoms with Gasteiger partial charge in [0.05, 0.1) is 21.2 Å². The molecule has 11 rings (SSSR count). The molecule has 0 unspecified atom stereocenters. The van der Waals surface area contributed by atoms with Gasteiger partial charge < -0.3 is 0 Å². The van der Waals surface area contributed by atoms with Crippen LogP contribution in [-0.2, 0) is 15.3 Å². The highest BCUT2D eigenvalue weighted by Crippen LogP contribution is 2.54. The minimum Gasteiger partial charge on any atom is -0.264 e. The molecule has 7 aromatic carbocycles. The summed E-state index contributed by atoms with van der Waals surface area (Å²) in [5, 5.41) is 0. The molecule has 0 amide bonds. The van der Waals surface area contributed by atoms with E-state index in [2.05, 4.69) is 97.7 Å². The largest absolute Gasteiger partial charge is 0.264 e. The Balaban J connectivity index is 1.27. The number of fused-ring (bicyclic) bond motifs is 12. The van der Waals surface area contributed by atoms with Gasteiger partial charge in [0, 0.05) is 45.6 Å². The Morgan fingerprint density at radius 3 is 1.65 bits per heavy atom. The molecule has 0 bridgehead atoms. The quantitative estimate of drug-likeness (QED) is 0.178. The molecule has 0 radical (unpaired) electrons. The van der Waals surface area contributed by atoms with Crippen LogP contribution in [0.25, 0.3) is 89.5 Å². The zero-order chi connectivity index (χ0) is 40.6. The lowest BCUT2D eigenvalue weighted by atomic mass is 9.81. The van der Waals surface area contributed by atoms with E-state index in [1.165, 1.54) is 5.56 Å². The molecular weight excluding hydrogens is 755 g/mol. The first-order valence-electron chi connectivity index (χ1n) is 20.1. The Morgan fingerprint density at radius 1 is 0.400 bits per heavy atom. The van der Waals surface area contributed by atoms with Crippen LogP contribution in [0.3, 0.4) is 0 Å². The summed E-state index contributed by atoms with van der Waals surface area (Å²) in [6.07, 6.45) is 3.56. The Hall–Kier alpha value is -7.28. The van der Waals surface area contributed by atoms with Crippen molar-refractivity contribution in [1.29, 1.82) is 0 Å². The molecule has 5 nitrogen and oxygen atoms in total. The lowest BCUT2D eigenvalue weighted by Crippen LogP contribution is -2.16. The first kappa shape index (κ1) is 35.8. The molecule has 0 N–H and O–H groups in total. The van der Waals surface area contributed by atoms with Gasteiger partial charge in [-0.15, -0.1) is 0 Å². The Bertz CT molecular complexity index is 3250. The average Bonchev–Trinajstić information content (AvgIpc) is 3.53. The van der Waals surface area contributed by atoms with Crippen LogP contribution in [0.5, 0.6) is 0 Å². The smallest absolute Gasteiger partial charge is 0.207 e. The summed E-state index contributed by atoms with van der Waals surface area (Å²) in [6, 6.07) is 58.7. The third kappa shape index (κ3) is 5.59. The van der Waals surface area contributed by atoms with E-state index in [4.69, 9.17) is 9.97 Å². The summed E-state index contributed by atoms with van der Waals surface area (Å²) in [5.74, 6) is 0.585. The van der Waals surface area contributed by atoms with Crippen LogP contribution in [0.1, 0.15) is 25.0 Å². The third-order valence-electron chi connectivity index (χ3n) is 12.2. The predicted octanol–water partition coefficient (Wildman–Crippen LogP) is 13.0. The minimum atomic E-state index is -4.14. The summed E-state index contributed by atoms with van der Waals surface area (Å²) in [6.45, 7) is 4.38. The van der Waals surface area contributed by atoms with Crippen molar-refractivity contribution in [2.45, 2.75) is 29.1 Å². The zero-order valence-corrected chi connectivity index (χ0v) is 33.8. The van der Waals surface area contributed by atoms with Gasteiger partial charge in [-0.05, 0) is 98.1 Å². The van der Waals surface area contributed by atoms with E-state index in [0.717, 1.165) is 72.5 Å². The lowest BCUT2D eigenvalue weighted by Gasteiger charge is -2.24. The fourth-order valence-corrected chi connectivity index (χ4v) is 10.9. The van der Waals surface area contributed by atoms with Gasteiger partial charge in [-0.3, -0.25) is 4.98 Å². The SMILES string of the molecule is CC1(C)c2ccccc2-c2cc3c(cc21)S(=O)(=O)c1ccccc1-c1ccccc1-c1ccccc1-c1ccc(-c2cc(-c4cccnc4)nc(-c4ccccc4)n2)cc1-3. The topological polar surface area (TPSA) is 72.8 Å². The second kappa shape index (κ2) is 13.7. The zero-order valence-electron chi connectivity index (χ0n) is 33.0. The molecule has 6 heteroatoms. The number of aromatic nitrogens is 3. The molecule has 0 atom stereocenters. The molecule has 0 saturated carbocycles. The van der Waals surface area contributed by atoms with Crippen LogP contribution in [0, 0.1) is 0 Å². The van der Waals surface area contributed by atoms with E-state index in [9.17, 15) is 0 Å². The highest BCUT2D eigenvalue weighted by molar-refractivity contribution is 7.91.